The van der Waals surface area contributed by atoms with Crippen LogP contribution in [-0.2, 0) is 9.59 Å². The van der Waals surface area contributed by atoms with Gasteiger partial charge < -0.3 is 15.3 Å². The van der Waals surface area contributed by atoms with E-state index in [0.717, 1.165) is 17.8 Å². The minimum atomic E-state index is -0.827. The van der Waals surface area contributed by atoms with E-state index in [-0.39, 0.29) is 18.2 Å². The fourth-order valence-corrected chi connectivity index (χ4v) is 2.62. The van der Waals surface area contributed by atoms with Crippen molar-refractivity contribution in [2.45, 2.75) is 25.7 Å². The van der Waals surface area contributed by atoms with E-state index in [9.17, 15) is 9.59 Å². The summed E-state index contributed by atoms with van der Waals surface area (Å²) in [5.41, 5.74) is 1.83. The molecule has 0 aromatic heterocycles. The molecule has 1 atom stereocenters. The Kier molecular flexibility index (Phi) is 4.74. The minimum Gasteiger partial charge on any atom is -0.481 e. The lowest BCUT2D eigenvalue weighted by molar-refractivity contribution is -0.137. The van der Waals surface area contributed by atoms with Crippen molar-refractivity contribution >= 4 is 17.6 Å². The third-order valence-corrected chi connectivity index (χ3v) is 3.56. The first kappa shape index (κ1) is 14.5. The highest BCUT2D eigenvalue weighted by Crippen LogP contribution is 2.38. The number of anilines is 1. The number of carboxylic acid groups (broad SMARTS) is 1. The first-order valence-corrected chi connectivity index (χ1v) is 6.95. The zero-order valence-electron chi connectivity index (χ0n) is 11.6. The second-order valence-corrected chi connectivity index (χ2v) is 4.96. The highest BCUT2D eigenvalue weighted by molar-refractivity contribution is 5.96. The summed E-state index contributed by atoms with van der Waals surface area (Å²) in [5.74, 6) is -0.884. The molecule has 1 aromatic carbocycles. The van der Waals surface area contributed by atoms with Crippen LogP contribution in [0.3, 0.4) is 0 Å². The zero-order valence-corrected chi connectivity index (χ0v) is 11.6. The van der Waals surface area contributed by atoms with Gasteiger partial charge >= 0.3 is 5.97 Å². The van der Waals surface area contributed by atoms with E-state index in [1.807, 2.05) is 31.2 Å². The summed E-state index contributed by atoms with van der Waals surface area (Å²) in [5, 5.41) is 12.1. The highest BCUT2D eigenvalue weighted by Gasteiger charge is 2.32. The molecular weight excluding hydrogens is 256 g/mol. The molecule has 1 heterocycles. The molecule has 20 heavy (non-hydrogen) atoms. The largest absolute Gasteiger partial charge is 0.481 e. The van der Waals surface area contributed by atoms with E-state index in [1.54, 1.807) is 4.90 Å². The Morgan fingerprint density at radius 2 is 2.15 bits per heavy atom. The van der Waals surface area contributed by atoms with E-state index < -0.39 is 5.97 Å². The number of benzene rings is 1. The molecule has 1 unspecified atom stereocenters. The van der Waals surface area contributed by atoms with Crippen molar-refractivity contribution in [1.82, 2.24) is 5.32 Å². The van der Waals surface area contributed by atoms with Crippen LogP contribution >= 0.6 is 0 Å². The van der Waals surface area contributed by atoms with Gasteiger partial charge in [0.15, 0.2) is 0 Å². The Hall–Kier alpha value is -1.88. The van der Waals surface area contributed by atoms with Gasteiger partial charge in [-0.15, -0.1) is 0 Å². The summed E-state index contributed by atoms with van der Waals surface area (Å²) in [7, 11) is 0. The van der Waals surface area contributed by atoms with E-state index in [1.165, 1.54) is 0 Å². The number of nitrogens with one attached hydrogen (secondary N) is 1. The molecule has 1 aliphatic rings. The number of carbonyl (C=O) groups excluding carboxylic acids is 1. The summed E-state index contributed by atoms with van der Waals surface area (Å²) in [6.45, 7) is 3.96. The van der Waals surface area contributed by atoms with Crippen LogP contribution < -0.4 is 10.2 Å². The highest BCUT2D eigenvalue weighted by atomic mass is 16.4. The van der Waals surface area contributed by atoms with Crippen LogP contribution in [0, 0.1) is 0 Å². The van der Waals surface area contributed by atoms with Gasteiger partial charge in [-0.05, 0) is 18.2 Å². The first-order chi connectivity index (χ1) is 9.63. The van der Waals surface area contributed by atoms with E-state index >= 15 is 0 Å². The molecule has 1 aromatic rings. The maximum atomic E-state index is 12.3. The number of rotatable bonds is 6. The Morgan fingerprint density at radius 1 is 1.40 bits per heavy atom. The summed E-state index contributed by atoms with van der Waals surface area (Å²) < 4.78 is 0. The molecule has 0 saturated carbocycles. The number of carbonyl (C=O) groups is 2. The number of hydrogen-bond donors (Lipinski definition) is 2. The van der Waals surface area contributed by atoms with Gasteiger partial charge in [-0.3, -0.25) is 9.59 Å². The second-order valence-electron chi connectivity index (χ2n) is 4.96. The smallest absolute Gasteiger partial charge is 0.304 e. The Morgan fingerprint density at radius 3 is 2.85 bits per heavy atom. The molecule has 0 fully saturated rings. The van der Waals surface area contributed by atoms with Gasteiger partial charge in [0.25, 0.3) is 0 Å². The van der Waals surface area contributed by atoms with Crippen LogP contribution in [-0.4, -0.2) is 36.6 Å². The zero-order chi connectivity index (χ0) is 14.5. The van der Waals surface area contributed by atoms with E-state index in [0.29, 0.717) is 19.5 Å². The van der Waals surface area contributed by atoms with Crippen LogP contribution in [0.15, 0.2) is 24.3 Å². The molecule has 0 aliphatic carbocycles. The lowest BCUT2D eigenvalue weighted by Gasteiger charge is -2.17. The predicted molar refractivity (Wildman–Crippen MR) is 76.9 cm³/mol. The van der Waals surface area contributed by atoms with Crippen molar-refractivity contribution in [3.8, 4) is 0 Å². The normalized spacial score (nSPS) is 17.1. The standard InChI is InChI=1S/C15H20N2O3/c1-2-16-8-7-14(18)17-10-11(9-15(19)20)12-5-3-4-6-13(12)17/h3-6,11,16H,2,7-10H2,1H3,(H,19,20). The van der Waals surface area contributed by atoms with Crippen molar-refractivity contribution in [1.29, 1.82) is 0 Å². The van der Waals surface area contributed by atoms with Crippen LogP contribution in [0.5, 0.6) is 0 Å². The monoisotopic (exact) mass is 276 g/mol. The topological polar surface area (TPSA) is 69.6 Å². The Bertz CT molecular complexity index is 502. The molecule has 2 rings (SSSR count). The lowest BCUT2D eigenvalue weighted by Crippen LogP contribution is -2.32. The summed E-state index contributed by atoms with van der Waals surface area (Å²) in [6, 6.07) is 7.58. The SMILES string of the molecule is CCNCCC(=O)N1CC(CC(=O)O)c2ccccc21. The van der Waals surface area contributed by atoms with E-state index in [4.69, 9.17) is 5.11 Å². The molecule has 0 spiro atoms. The van der Waals surface area contributed by atoms with Crippen molar-refractivity contribution in [2.75, 3.05) is 24.5 Å². The van der Waals surface area contributed by atoms with Crippen molar-refractivity contribution in [2.24, 2.45) is 0 Å². The second kappa shape index (κ2) is 6.52. The van der Waals surface area contributed by atoms with Gasteiger partial charge in [-0.2, -0.15) is 0 Å². The van der Waals surface area contributed by atoms with Crippen LogP contribution in [0.4, 0.5) is 5.69 Å². The quantitative estimate of drug-likeness (QED) is 0.774. The van der Waals surface area contributed by atoms with Gasteiger partial charge in [0, 0.05) is 31.1 Å². The summed E-state index contributed by atoms with van der Waals surface area (Å²) in [4.78, 5) is 24.9. The lowest BCUT2D eigenvalue weighted by atomic mass is 9.98. The van der Waals surface area contributed by atoms with Crippen LogP contribution in [0.25, 0.3) is 0 Å². The van der Waals surface area contributed by atoms with Gasteiger partial charge in [0.1, 0.15) is 0 Å². The third kappa shape index (κ3) is 3.17. The number of nitrogens with zero attached hydrogens (tertiary/aromatic N) is 1. The van der Waals surface area contributed by atoms with E-state index in [2.05, 4.69) is 5.32 Å². The number of fused-ring (bicyclic) bond motifs is 1. The fourth-order valence-electron chi connectivity index (χ4n) is 2.62. The fraction of sp³-hybridized carbons (Fsp3) is 0.467. The molecule has 5 nitrogen and oxygen atoms in total. The van der Waals surface area contributed by atoms with Gasteiger partial charge in [0.2, 0.25) is 5.91 Å². The third-order valence-electron chi connectivity index (χ3n) is 3.56. The minimum absolute atomic E-state index is 0.0475. The van der Waals surface area contributed by atoms with Crippen LogP contribution in [0.1, 0.15) is 31.2 Å². The van der Waals surface area contributed by atoms with Gasteiger partial charge in [-0.1, -0.05) is 25.1 Å². The maximum absolute atomic E-state index is 12.3. The molecule has 1 amide bonds. The number of carboxylic acids is 1. The Balaban J connectivity index is 2.12. The van der Waals surface area contributed by atoms with Crippen molar-refractivity contribution in [3.63, 3.8) is 0 Å². The molecule has 0 radical (unpaired) electrons. The molecule has 0 saturated heterocycles. The summed E-state index contributed by atoms with van der Waals surface area (Å²) in [6.07, 6.45) is 0.496. The Labute approximate surface area is 118 Å². The molecule has 108 valence electrons. The predicted octanol–water partition coefficient (Wildman–Crippen LogP) is 1.59. The molecule has 0 bridgehead atoms. The van der Waals surface area contributed by atoms with Gasteiger partial charge in [0.05, 0.1) is 6.42 Å². The number of para-hydroxylation sites is 1. The maximum Gasteiger partial charge on any atom is 0.304 e. The first-order valence-electron chi connectivity index (χ1n) is 6.95. The average molecular weight is 276 g/mol. The molecule has 1 aliphatic heterocycles. The molecule has 5 heteroatoms. The average Bonchev–Trinajstić information content (AvgIpc) is 2.78. The van der Waals surface area contributed by atoms with Crippen molar-refractivity contribution < 1.29 is 14.7 Å². The molecular formula is C15H20N2O3. The number of amides is 1. The van der Waals surface area contributed by atoms with Gasteiger partial charge in [-0.25, -0.2) is 0 Å². The number of aliphatic carboxylic acids is 1. The van der Waals surface area contributed by atoms with Crippen molar-refractivity contribution in [3.05, 3.63) is 29.8 Å². The van der Waals surface area contributed by atoms with Crippen LogP contribution in [0.2, 0.25) is 0 Å². The summed E-state index contributed by atoms with van der Waals surface area (Å²) >= 11 is 0. The molecule has 2 N–H and O–H groups in total. The number of hydrogen-bond acceptors (Lipinski definition) is 3.